The Balaban J connectivity index is 1.88. The SMILES string of the molecule is CC(C)COC(=O)N1CCN(C(=O)c2ccccc2Cl)CC1. The maximum atomic E-state index is 12.4. The molecule has 0 atom stereocenters. The molecule has 1 aliphatic rings. The van der Waals surface area contributed by atoms with Crippen molar-refractivity contribution in [3.63, 3.8) is 0 Å². The van der Waals surface area contributed by atoms with Crippen LogP contribution in [0.1, 0.15) is 24.2 Å². The molecule has 0 spiro atoms. The average molecular weight is 325 g/mol. The van der Waals surface area contributed by atoms with Gasteiger partial charge in [0.2, 0.25) is 0 Å². The highest BCUT2D eigenvalue weighted by Crippen LogP contribution is 2.18. The van der Waals surface area contributed by atoms with Gasteiger partial charge in [0.15, 0.2) is 0 Å². The Hall–Kier alpha value is -1.75. The van der Waals surface area contributed by atoms with Gasteiger partial charge in [0.25, 0.3) is 5.91 Å². The third-order valence-corrected chi connectivity index (χ3v) is 3.80. The summed E-state index contributed by atoms with van der Waals surface area (Å²) in [6.45, 7) is 6.33. The summed E-state index contributed by atoms with van der Waals surface area (Å²) < 4.78 is 5.20. The molecule has 1 aromatic carbocycles. The number of hydrogen-bond donors (Lipinski definition) is 0. The monoisotopic (exact) mass is 324 g/mol. The van der Waals surface area contributed by atoms with E-state index in [2.05, 4.69) is 0 Å². The Morgan fingerprint density at radius 1 is 1.14 bits per heavy atom. The summed E-state index contributed by atoms with van der Waals surface area (Å²) in [6, 6.07) is 7.00. The van der Waals surface area contributed by atoms with Gasteiger partial charge in [-0.15, -0.1) is 0 Å². The molecule has 0 bridgehead atoms. The molecule has 0 aliphatic carbocycles. The molecule has 1 saturated heterocycles. The standard InChI is InChI=1S/C16H21ClN2O3/c1-12(2)11-22-16(21)19-9-7-18(8-10-19)15(20)13-5-3-4-6-14(13)17/h3-6,12H,7-11H2,1-2H3. The molecule has 1 aliphatic heterocycles. The molecule has 1 heterocycles. The first-order chi connectivity index (χ1) is 10.5. The van der Waals surface area contributed by atoms with Crippen molar-refractivity contribution in [2.45, 2.75) is 13.8 Å². The van der Waals surface area contributed by atoms with Crippen molar-refractivity contribution < 1.29 is 14.3 Å². The van der Waals surface area contributed by atoms with Crippen LogP contribution in [-0.2, 0) is 4.74 Å². The summed E-state index contributed by atoms with van der Waals surface area (Å²) in [7, 11) is 0. The fourth-order valence-electron chi connectivity index (χ4n) is 2.23. The van der Waals surface area contributed by atoms with Crippen LogP contribution in [0.15, 0.2) is 24.3 Å². The third-order valence-electron chi connectivity index (χ3n) is 3.47. The van der Waals surface area contributed by atoms with Gasteiger partial charge >= 0.3 is 6.09 Å². The number of hydrogen-bond acceptors (Lipinski definition) is 3. The normalized spacial score (nSPS) is 15.1. The summed E-state index contributed by atoms with van der Waals surface area (Å²) in [5.41, 5.74) is 0.500. The molecule has 5 nitrogen and oxygen atoms in total. The number of carbonyl (C=O) groups is 2. The van der Waals surface area contributed by atoms with Crippen molar-refractivity contribution in [2.75, 3.05) is 32.8 Å². The zero-order chi connectivity index (χ0) is 16.1. The average Bonchev–Trinajstić information content (AvgIpc) is 2.52. The number of halogens is 1. The summed E-state index contributed by atoms with van der Waals surface area (Å²) in [4.78, 5) is 27.7. The second-order valence-electron chi connectivity index (χ2n) is 5.73. The number of ether oxygens (including phenoxy) is 1. The van der Waals surface area contributed by atoms with Crippen LogP contribution in [0.3, 0.4) is 0 Å². The molecule has 0 saturated carbocycles. The lowest BCUT2D eigenvalue weighted by atomic mass is 10.2. The topological polar surface area (TPSA) is 49.9 Å². The molecule has 120 valence electrons. The Bertz CT molecular complexity index is 540. The zero-order valence-electron chi connectivity index (χ0n) is 12.9. The van der Waals surface area contributed by atoms with Crippen LogP contribution in [0.25, 0.3) is 0 Å². The molecule has 0 N–H and O–H groups in total. The second kappa shape index (κ2) is 7.49. The summed E-state index contributed by atoms with van der Waals surface area (Å²) in [6.07, 6.45) is -0.307. The Morgan fingerprint density at radius 2 is 1.73 bits per heavy atom. The zero-order valence-corrected chi connectivity index (χ0v) is 13.7. The summed E-state index contributed by atoms with van der Waals surface area (Å²) in [5.74, 6) is 0.216. The smallest absolute Gasteiger partial charge is 0.409 e. The summed E-state index contributed by atoms with van der Waals surface area (Å²) >= 11 is 6.06. The van der Waals surface area contributed by atoms with Crippen molar-refractivity contribution >= 4 is 23.6 Å². The van der Waals surface area contributed by atoms with Gasteiger partial charge in [-0.05, 0) is 18.1 Å². The molecule has 22 heavy (non-hydrogen) atoms. The minimum Gasteiger partial charge on any atom is -0.449 e. The highest BCUT2D eigenvalue weighted by molar-refractivity contribution is 6.33. The summed E-state index contributed by atoms with van der Waals surface area (Å²) in [5, 5.41) is 0.450. The van der Waals surface area contributed by atoms with Crippen LogP contribution in [-0.4, -0.2) is 54.6 Å². The van der Waals surface area contributed by atoms with Gasteiger partial charge in [-0.1, -0.05) is 37.6 Å². The van der Waals surface area contributed by atoms with Gasteiger partial charge in [-0.25, -0.2) is 4.79 Å². The van der Waals surface area contributed by atoms with Crippen LogP contribution < -0.4 is 0 Å². The Morgan fingerprint density at radius 3 is 2.32 bits per heavy atom. The Labute approximate surface area is 135 Å². The molecular formula is C16H21ClN2O3. The van der Waals surface area contributed by atoms with Crippen LogP contribution in [0.4, 0.5) is 4.79 Å². The molecule has 6 heteroatoms. The van der Waals surface area contributed by atoms with E-state index in [0.717, 1.165) is 0 Å². The van der Waals surface area contributed by atoms with Crippen LogP contribution in [0, 0.1) is 5.92 Å². The van der Waals surface area contributed by atoms with Crippen LogP contribution >= 0.6 is 11.6 Å². The number of rotatable bonds is 3. The van der Waals surface area contributed by atoms with Gasteiger partial charge < -0.3 is 14.5 Å². The highest BCUT2D eigenvalue weighted by Gasteiger charge is 2.26. The molecule has 0 unspecified atom stereocenters. The van der Waals surface area contributed by atoms with E-state index in [9.17, 15) is 9.59 Å². The molecule has 0 radical (unpaired) electrons. The molecule has 2 rings (SSSR count). The van der Waals surface area contributed by atoms with Gasteiger partial charge in [-0.3, -0.25) is 4.79 Å². The van der Waals surface area contributed by atoms with E-state index in [4.69, 9.17) is 16.3 Å². The van der Waals surface area contributed by atoms with Gasteiger partial charge in [0, 0.05) is 26.2 Å². The third kappa shape index (κ3) is 4.13. The van der Waals surface area contributed by atoms with Gasteiger partial charge in [0.05, 0.1) is 17.2 Å². The lowest BCUT2D eigenvalue weighted by Crippen LogP contribution is -2.50. The van der Waals surface area contributed by atoms with Crippen molar-refractivity contribution in [3.8, 4) is 0 Å². The fraction of sp³-hybridized carbons (Fsp3) is 0.500. The molecule has 0 aromatic heterocycles. The van der Waals surface area contributed by atoms with Crippen molar-refractivity contribution in [3.05, 3.63) is 34.9 Å². The predicted octanol–water partition coefficient (Wildman–Crippen LogP) is 2.89. The van der Waals surface area contributed by atoms with E-state index in [-0.39, 0.29) is 12.0 Å². The Kier molecular flexibility index (Phi) is 5.66. The lowest BCUT2D eigenvalue weighted by Gasteiger charge is -2.34. The number of piperazine rings is 1. The number of nitrogens with zero attached hydrogens (tertiary/aromatic N) is 2. The predicted molar refractivity (Wildman–Crippen MR) is 85.1 cm³/mol. The minimum absolute atomic E-state index is 0.0965. The first-order valence-corrected chi connectivity index (χ1v) is 7.82. The van der Waals surface area contributed by atoms with Crippen molar-refractivity contribution in [2.24, 2.45) is 5.92 Å². The highest BCUT2D eigenvalue weighted by atomic mass is 35.5. The van der Waals surface area contributed by atoms with Gasteiger partial charge in [-0.2, -0.15) is 0 Å². The van der Waals surface area contributed by atoms with Crippen LogP contribution in [0.5, 0.6) is 0 Å². The number of benzene rings is 1. The number of carbonyl (C=O) groups excluding carboxylic acids is 2. The minimum atomic E-state index is -0.307. The van der Waals surface area contributed by atoms with E-state index in [0.29, 0.717) is 49.3 Å². The first-order valence-electron chi connectivity index (χ1n) is 7.44. The van der Waals surface area contributed by atoms with E-state index < -0.39 is 0 Å². The molecular weight excluding hydrogens is 304 g/mol. The van der Waals surface area contributed by atoms with Crippen molar-refractivity contribution in [1.82, 2.24) is 9.80 Å². The van der Waals surface area contributed by atoms with E-state index in [1.807, 2.05) is 13.8 Å². The quantitative estimate of drug-likeness (QED) is 0.859. The lowest BCUT2D eigenvalue weighted by molar-refractivity contribution is 0.0535. The largest absolute Gasteiger partial charge is 0.449 e. The maximum Gasteiger partial charge on any atom is 0.409 e. The second-order valence-corrected chi connectivity index (χ2v) is 6.14. The van der Waals surface area contributed by atoms with Crippen molar-refractivity contribution in [1.29, 1.82) is 0 Å². The van der Waals surface area contributed by atoms with E-state index >= 15 is 0 Å². The van der Waals surface area contributed by atoms with Gasteiger partial charge in [0.1, 0.15) is 0 Å². The maximum absolute atomic E-state index is 12.4. The van der Waals surface area contributed by atoms with E-state index in [1.165, 1.54) is 0 Å². The van der Waals surface area contributed by atoms with E-state index in [1.54, 1.807) is 34.1 Å². The molecule has 2 amide bonds. The molecule has 1 fully saturated rings. The fourth-order valence-corrected chi connectivity index (χ4v) is 2.44. The number of amides is 2. The molecule has 1 aromatic rings. The first kappa shape index (κ1) is 16.6. The van der Waals surface area contributed by atoms with Crippen LogP contribution in [0.2, 0.25) is 5.02 Å².